The van der Waals surface area contributed by atoms with Gasteiger partial charge in [0.1, 0.15) is 0 Å². The minimum absolute atomic E-state index is 0.270. The molecule has 0 saturated heterocycles. The molecule has 0 unspecified atom stereocenters. The second kappa shape index (κ2) is 8.16. The molecule has 1 heterocycles. The Balaban J connectivity index is 2.02. The van der Waals surface area contributed by atoms with Crippen molar-refractivity contribution in [2.45, 2.75) is 13.5 Å². The van der Waals surface area contributed by atoms with E-state index in [4.69, 9.17) is 11.6 Å². The number of aromatic nitrogens is 1. The van der Waals surface area contributed by atoms with E-state index in [9.17, 15) is 13.2 Å². The average molecular weight is 438 g/mol. The van der Waals surface area contributed by atoms with Crippen LogP contribution >= 0.6 is 22.9 Å². The molecule has 2 aromatic carbocycles. The van der Waals surface area contributed by atoms with Crippen LogP contribution in [0.5, 0.6) is 0 Å². The van der Waals surface area contributed by atoms with Crippen LogP contribution < -0.4 is 4.90 Å². The van der Waals surface area contributed by atoms with Crippen LogP contribution in [0.2, 0.25) is 5.02 Å². The third kappa shape index (κ3) is 4.52. The number of aryl methyl sites for hydroxylation is 1. The zero-order valence-corrected chi connectivity index (χ0v) is 18.1. The molecule has 0 atom stereocenters. The molecular formula is C19H20ClN3O3S2. The largest absolute Gasteiger partial charge is 0.282 e. The van der Waals surface area contributed by atoms with Crippen molar-refractivity contribution in [3.63, 3.8) is 0 Å². The third-order valence-corrected chi connectivity index (χ3v) is 7.13. The Morgan fingerprint density at radius 1 is 1.18 bits per heavy atom. The number of rotatable bonds is 6. The number of carbonyl (C=O) groups excluding carboxylic acids is 1. The van der Waals surface area contributed by atoms with Gasteiger partial charge in [-0.3, -0.25) is 9.69 Å². The van der Waals surface area contributed by atoms with Gasteiger partial charge in [0.05, 0.1) is 34.6 Å². The zero-order valence-electron chi connectivity index (χ0n) is 15.7. The smallest absolute Gasteiger partial charge is 0.244 e. The first-order valence-corrected chi connectivity index (χ1v) is 11.5. The van der Waals surface area contributed by atoms with Gasteiger partial charge in [-0.25, -0.2) is 13.4 Å². The summed E-state index contributed by atoms with van der Waals surface area (Å²) in [5.41, 5.74) is 2.62. The predicted molar refractivity (Wildman–Crippen MR) is 114 cm³/mol. The Bertz CT molecular complexity index is 1080. The van der Waals surface area contributed by atoms with Crippen molar-refractivity contribution in [2.24, 2.45) is 0 Å². The maximum absolute atomic E-state index is 13.0. The molecule has 3 aromatic rings. The molecule has 148 valence electrons. The number of anilines is 1. The van der Waals surface area contributed by atoms with Gasteiger partial charge in [-0.1, -0.05) is 59.3 Å². The summed E-state index contributed by atoms with van der Waals surface area (Å²) in [4.78, 5) is 19.1. The normalized spacial score (nSPS) is 11.9. The highest BCUT2D eigenvalue weighted by Crippen LogP contribution is 2.36. The van der Waals surface area contributed by atoms with Gasteiger partial charge >= 0.3 is 0 Å². The average Bonchev–Trinajstić information content (AvgIpc) is 3.09. The number of hydrogen-bond acceptors (Lipinski definition) is 5. The minimum atomic E-state index is -3.48. The maximum atomic E-state index is 13.0. The molecule has 0 spiro atoms. The van der Waals surface area contributed by atoms with E-state index in [1.165, 1.54) is 23.3 Å². The number of thiazole rings is 1. The van der Waals surface area contributed by atoms with Gasteiger partial charge in [-0.05, 0) is 24.1 Å². The lowest BCUT2D eigenvalue weighted by Gasteiger charge is -2.22. The standard InChI is InChI=1S/C19H20ClN3O3S2/c1-13-9-10-15(20)18-17(13)21-19(27-18)23(11-14-7-5-4-6-8-14)16(24)12-22(2)28(3,25)26/h4-10H,11-12H2,1-3H3. The zero-order chi connectivity index (χ0) is 20.5. The lowest BCUT2D eigenvalue weighted by molar-refractivity contribution is -0.118. The molecule has 0 saturated carbocycles. The first-order valence-electron chi connectivity index (χ1n) is 8.48. The van der Waals surface area contributed by atoms with Crippen LogP contribution in [0.1, 0.15) is 11.1 Å². The summed E-state index contributed by atoms with van der Waals surface area (Å²) < 4.78 is 25.3. The Hall–Kier alpha value is -2.00. The van der Waals surface area contributed by atoms with Crippen molar-refractivity contribution >= 4 is 54.2 Å². The van der Waals surface area contributed by atoms with Crippen molar-refractivity contribution in [2.75, 3.05) is 24.7 Å². The number of fused-ring (bicyclic) bond motifs is 1. The van der Waals surface area contributed by atoms with Crippen LogP contribution in [0.3, 0.4) is 0 Å². The molecule has 6 nitrogen and oxygen atoms in total. The highest BCUT2D eigenvalue weighted by atomic mass is 35.5. The Kier molecular flexibility index (Phi) is 6.04. The second-order valence-electron chi connectivity index (χ2n) is 6.52. The van der Waals surface area contributed by atoms with Gasteiger partial charge in [0, 0.05) is 7.05 Å². The molecule has 0 aliphatic rings. The SMILES string of the molecule is Cc1ccc(Cl)c2sc(N(Cc3ccccc3)C(=O)CN(C)S(C)(=O)=O)nc12. The molecule has 0 N–H and O–H groups in total. The highest BCUT2D eigenvalue weighted by Gasteiger charge is 2.25. The molecule has 1 aromatic heterocycles. The number of benzene rings is 2. The molecule has 0 aliphatic carbocycles. The molecule has 3 rings (SSSR count). The fourth-order valence-electron chi connectivity index (χ4n) is 2.63. The molecule has 9 heteroatoms. The fourth-order valence-corrected chi connectivity index (χ4v) is 4.31. The highest BCUT2D eigenvalue weighted by molar-refractivity contribution is 7.88. The second-order valence-corrected chi connectivity index (χ2v) is 10.00. The minimum Gasteiger partial charge on any atom is -0.282 e. The van der Waals surface area contributed by atoms with Crippen LogP contribution in [0.25, 0.3) is 10.2 Å². The van der Waals surface area contributed by atoms with Crippen LogP contribution in [-0.4, -0.2) is 43.5 Å². The Labute approximate surface area is 173 Å². The Morgan fingerprint density at radius 2 is 1.86 bits per heavy atom. The van der Waals surface area contributed by atoms with Gasteiger partial charge in [0.25, 0.3) is 0 Å². The van der Waals surface area contributed by atoms with Crippen LogP contribution in [0.15, 0.2) is 42.5 Å². The number of carbonyl (C=O) groups is 1. The molecule has 28 heavy (non-hydrogen) atoms. The van der Waals surface area contributed by atoms with Crippen LogP contribution in [-0.2, 0) is 21.4 Å². The van der Waals surface area contributed by atoms with Crippen molar-refractivity contribution in [1.82, 2.24) is 9.29 Å². The van der Waals surface area contributed by atoms with E-state index in [0.717, 1.165) is 31.9 Å². The van der Waals surface area contributed by atoms with Crippen LogP contribution in [0, 0.1) is 6.92 Å². The van der Waals surface area contributed by atoms with Crippen molar-refractivity contribution < 1.29 is 13.2 Å². The molecule has 0 bridgehead atoms. The van der Waals surface area contributed by atoms with Gasteiger partial charge in [0.2, 0.25) is 15.9 Å². The summed E-state index contributed by atoms with van der Waals surface area (Å²) in [5.74, 6) is -0.357. The number of hydrogen-bond donors (Lipinski definition) is 0. The lowest BCUT2D eigenvalue weighted by atomic mass is 10.2. The molecule has 0 radical (unpaired) electrons. The summed E-state index contributed by atoms with van der Waals surface area (Å²) in [6, 6.07) is 13.2. The fraction of sp³-hybridized carbons (Fsp3) is 0.263. The predicted octanol–water partition coefficient (Wildman–Crippen LogP) is 3.68. The Morgan fingerprint density at radius 3 is 2.46 bits per heavy atom. The third-order valence-electron chi connectivity index (χ3n) is 4.33. The number of likely N-dealkylation sites (N-methyl/N-ethyl adjacent to an activating group) is 1. The molecule has 0 aliphatic heterocycles. The van der Waals surface area contributed by atoms with Crippen molar-refractivity contribution in [1.29, 1.82) is 0 Å². The van der Waals surface area contributed by atoms with Gasteiger partial charge < -0.3 is 0 Å². The molecular weight excluding hydrogens is 418 g/mol. The van der Waals surface area contributed by atoms with E-state index < -0.39 is 10.0 Å². The van der Waals surface area contributed by atoms with E-state index in [1.54, 1.807) is 0 Å². The number of halogens is 1. The van der Waals surface area contributed by atoms with Gasteiger partial charge in [-0.2, -0.15) is 4.31 Å². The topological polar surface area (TPSA) is 70.6 Å². The summed E-state index contributed by atoms with van der Waals surface area (Å²) in [6.45, 7) is 1.95. The summed E-state index contributed by atoms with van der Waals surface area (Å²) in [7, 11) is -2.09. The van der Waals surface area contributed by atoms with E-state index in [2.05, 4.69) is 4.98 Å². The van der Waals surface area contributed by atoms with Crippen molar-refractivity contribution in [3.05, 3.63) is 58.6 Å². The molecule has 1 amide bonds. The first-order chi connectivity index (χ1) is 13.2. The van der Waals surface area contributed by atoms with Crippen LogP contribution in [0.4, 0.5) is 5.13 Å². The van der Waals surface area contributed by atoms with E-state index in [1.807, 2.05) is 49.4 Å². The number of nitrogens with zero attached hydrogens (tertiary/aromatic N) is 3. The quantitative estimate of drug-likeness (QED) is 0.589. The van der Waals surface area contributed by atoms with E-state index in [0.29, 0.717) is 10.2 Å². The van der Waals surface area contributed by atoms with E-state index in [-0.39, 0.29) is 19.0 Å². The number of amides is 1. The van der Waals surface area contributed by atoms with Gasteiger partial charge in [0.15, 0.2) is 5.13 Å². The monoisotopic (exact) mass is 437 g/mol. The lowest BCUT2D eigenvalue weighted by Crippen LogP contribution is -2.40. The van der Waals surface area contributed by atoms with Crippen molar-refractivity contribution in [3.8, 4) is 0 Å². The first kappa shape index (κ1) is 20.7. The number of sulfonamides is 1. The summed E-state index contributed by atoms with van der Waals surface area (Å²) >= 11 is 7.63. The molecule has 0 fully saturated rings. The maximum Gasteiger partial charge on any atom is 0.244 e. The van der Waals surface area contributed by atoms with Gasteiger partial charge in [-0.15, -0.1) is 0 Å². The summed E-state index contributed by atoms with van der Waals surface area (Å²) in [6.07, 6.45) is 1.07. The van der Waals surface area contributed by atoms with E-state index >= 15 is 0 Å². The summed E-state index contributed by atoms with van der Waals surface area (Å²) in [5, 5.41) is 1.06.